The van der Waals surface area contributed by atoms with Crippen LogP contribution in [0.5, 0.6) is 0 Å². The van der Waals surface area contributed by atoms with Gasteiger partial charge in [0.05, 0.1) is 0 Å². The Morgan fingerprint density at radius 3 is 2.57 bits per heavy atom. The standard InChI is InChI=1S/C11H21NOS/c12-10-2-1-9(7-10)8-14-11-3-5-13-6-4-11/h9-11H,1-8,12H2. The monoisotopic (exact) mass is 215 g/mol. The highest BCUT2D eigenvalue weighted by molar-refractivity contribution is 7.99. The van der Waals surface area contributed by atoms with Gasteiger partial charge in [0.2, 0.25) is 0 Å². The predicted molar refractivity (Wildman–Crippen MR) is 61.6 cm³/mol. The molecule has 1 aliphatic carbocycles. The van der Waals surface area contributed by atoms with E-state index in [0.29, 0.717) is 6.04 Å². The molecule has 0 amide bonds. The molecule has 82 valence electrons. The molecule has 2 nitrogen and oxygen atoms in total. The van der Waals surface area contributed by atoms with Crippen molar-refractivity contribution in [2.24, 2.45) is 11.7 Å². The molecule has 1 aliphatic heterocycles. The van der Waals surface area contributed by atoms with Crippen molar-refractivity contribution in [3.05, 3.63) is 0 Å². The first-order valence-corrected chi connectivity index (χ1v) is 6.84. The van der Waals surface area contributed by atoms with Crippen LogP contribution in [0.25, 0.3) is 0 Å². The van der Waals surface area contributed by atoms with E-state index in [0.717, 1.165) is 24.4 Å². The molecule has 1 saturated carbocycles. The number of hydrogen-bond acceptors (Lipinski definition) is 3. The lowest BCUT2D eigenvalue weighted by atomic mass is 10.1. The van der Waals surface area contributed by atoms with Gasteiger partial charge in [0.1, 0.15) is 0 Å². The fourth-order valence-corrected chi connectivity index (χ4v) is 3.75. The number of hydrogen-bond donors (Lipinski definition) is 1. The smallest absolute Gasteiger partial charge is 0.0476 e. The summed E-state index contributed by atoms with van der Waals surface area (Å²) in [5, 5.41) is 0.862. The van der Waals surface area contributed by atoms with E-state index in [1.807, 2.05) is 0 Å². The van der Waals surface area contributed by atoms with Crippen LogP contribution in [-0.2, 0) is 4.74 Å². The highest BCUT2D eigenvalue weighted by Crippen LogP contribution is 2.31. The normalized spacial score (nSPS) is 34.9. The van der Waals surface area contributed by atoms with Gasteiger partial charge in [-0.25, -0.2) is 0 Å². The Balaban J connectivity index is 1.61. The number of rotatable bonds is 3. The van der Waals surface area contributed by atoms with Crippen LogP contribution in [0, 0.1) is 5.92 Å². The average molecular weight is 215 g/mol. The summed E-state index contributed by atoms with van der Waals surface area (Å²) in [5.41, 5.74) is 5.90. The Morgan fingerprint density at radius 2 is 1.93 bits per heavy atom. The lowest BCUT2D eigenvalue weighted by molar-refractivity contribution is 0.1000. The Morgan fingerprint density at radius 1 is 1.14 bits per heavy atom. The summed E-state index contributed by atoms with van der Waals surface area (Å²) in [6, 6.07) is 0.496. The molecule has 14 heavy (non-hydrogen) atoms. The molecular weight excluding hydrogens is 194 g/mol. The Labute approximate surface area is 91.0 Å². The third-order valence-corrected chi connectivity index (χ3v) is 4.92. The van der Waals surface area contributed by atoms with E-state index in [4.69, 9.17) is 10.5 Å². The van der Waals surface area contributed by atoms with Crippen molar-refractivity contribution in [1.82, 2.24) is 0 Å². The minimum Gasteiger partial charge on any atom is -0.381 e. The highest BCUT2D eigenvalue weighted by Gasteiger charge is 2.23. The Bertz CT molecular complexity index is 166. The minimum absolute atomic E-state index is 0.496. The second-order valence-corrected chi connectivity index (χ2v) is 5.92. The summed E-state index contributed by atoms with van der Waals surface area (Å²) < 4.78 is 5.36. The summed E-state index contributed by atoms with van der Waals surface area (Å²) in [7, 11) is 0. The fourth-order valence-electron chi connectivity index (χ4n) is 2.38. The second-order valence-electron chi connectivity index (χ2n) is 4.58. The third kappa shape index (κ3) is 3.14. The van der Waals surface area contributed by atoms with Gasteiger partial charge >= 0.3 is 0 Å². The van der Waals surface area contributed by atoms with E-state index in [9.17, 15) is 0 Å². The molecule has 3 heteroatoms. The number of nitrogens with two attached hydrogens (primary N) is 1. The molecule has 2 unspecified atom stereocenters. The van der Waals surface area contributed by atoms with Crippen molar-refractivity contribution >= 4 is 11.8 Å². The van der Waals surface area contributed by atoms with Crippen LogP contribution in [0.2, 0.25) is 0 Å². The van der Waals surface area contributed by atoms with Gasteiger partial charge in [0.15, 0.2) is 0 Å². The molecule has 2 rings (SSSR count). The number of thioether (sulfide) groups is 1. The minimum atomic E-state index is 0.496. The van der Waals surface area contributed by atoms with E-state index in [2.05, 4.69) is 11.8 Å². The second kappa shape index (κ2) is 5.38. The van der Waals surface area contributed by atoms with E-state index in [1.54, 1.807) is 0 Å². The first kappa shape index (κ1) is 10.8. The maximum atomic E-state index is 5.90. The molecule has 2 aliphatic rings. The molecule has 0 bridgehead atoms. The maximum Gasteiger partial charge on any atom is 0.0476 e. The van der Waals surface area contributed by atoms with E-state index >= 15 is 0 Å². The van der Waals surface area contributed by atoms with Crippen molar-refractivity contribution in [2.45, 2.75) is 43.4 Å². The number of ether oxygens (including phenoxy) is 1. The Kier molecular flexibility index (Phi) is 4.14. The van der Waals surface area contributed by atoms with E-state index in [-0.39, 0.29) is 0 Å². The van der Waals surface area contributed by atoms with Crippen LogP contribution >= 0.6 is 11.8 Å². The van der Waals surface area contributed by atoms with Gasteiger partial charge in [0.25, 0.3) is 0 Å². The zero-order chi connectivity index (χ0) is 9.80. The molecular formula is C11H21NOS. The molecule has 0 spiro atoms. The molecule has 0 aromatic carbocycles. The summed E-state index contributed by atoms with van der Waals surface area (Å²) in [5.74, 6) is 2.23. The van der Waals surface area contributed by atoms with Crippen molar-refractivity contribution in [3.8, 4) is 0 Å². The van der Waals surface area contributed by atoms with Gasteiger partial charge < -0.3 is 10.5 Å². The van der Waals surface area contributed by atoms with Crippen LogP contribution in [0.3, 0.4) is 0 Å². The average Bonchev–Trinajstić information content (AvgIpc) is 2.63. The van der Waals surface area contributed by atoms with Crippen molar-refractivity contribution in [1.29, 1.82) is 0 Å². The van der Waals surface area contributed by atoms with Crippen molar-refractivity contribution in [2.75, 3.05) is 19.0 Å². The summed E-state index contributed by atoms with van der Waals surface area (Å²) >= 11 is 2.16. The fraction of sp³-hybridized carbons (Fsp3) is 1.00. The molecule has 2 fully saturated rings. The van der Waals surface area contributed by atoms with Crippen LogP contribution in [0.4, 0.5) is 0 Å². The molecule has 2 N–H and O–H groups in total. The van der Waals surface area contributed by atoms with Crippen LogP contribution in [0.1, 0.15) is 32.1 Å². The highest BCUT2D eigenvalue weighted by atomic mass is 32.2. The van der Waals surface area contributed by atoms with Crippen LogP contribution < -0.4 is 5.73 Å². The summed E-state index contributed by atoms with van der Waals surface area (Å²) in [4.78, 5) is 0. The van der Waals surface area contributed by atoms with E-state index < -0.39 is 0 Å². The SMILES string of the molecule is NC1CCC(CSC2CCOCC2)C1. The first-order chi connectivity index (χ1) is 6.84. The van der Waals surface area contributed by atoms with Crippen molar-refractivity contribution in [3.63, 3.8) is 0 Å². The molecule has 1 saturated heterocycles. The van der Waals surface area contributed by atoms with Gasteiger partial charge in [-0.15, -0.1) is 0 Å². The summed E-state index contributed by atoms with van der Waals surface area (Å²) in [6.07, 6.45) is 6.37. The van der Waals surface area contributed by atoms with E-state index in [1.165, 1.54) is 37.9 Å². The maximum absolute atomic E-state index is 5.90. The first-order valence-electron chi connectivity index (χ1n) is 5.79. The Hall–Kier alpha value is 0.270. The predicted octanol–water partition coefficient (Wildman–Crippen LogP) is 2.03. The third-order valence-electron chi connectivity index (χ3n) is 3.32. The molecule has 0 aromatic rings. The van der Waals surface area contributed by atoms with Gasteiger partial charge in [-0.2, -0.15) is 11.8 Å². The summed E-state index contributed by atoms with van der Waals surface area (Å²) in [6.45, 7) is 1.95. The van der Waals surface area contributed by atoms with Crippen molar-refractivity contribution < 1.29 is 4.74 Å². The lowest BCUT2D eigenvalue weighted by Crippen LogP contribution is -2.19. The molecule has 2 atom stereocenters. The zero-order valence-corrected chi connectivity index (χ0v) is 9.60. The lowest BCUT2D eigenvalue weighted by Gasteiger charge is -2.22. The molecule has 0 radical (unpaired) electrons. The van der Waals surface area contributed by atoms with Gasteiger partial charge in [-0.3, -0.25) is 0 Å². The van der Waals surface area contributed by atoms with Crippen LogP contribution in [0.15, 0.2) is 0 Å². The quantitative estimate of drug-likeness (QED) is 0.782. The molecule has 1 heterocycles. The van der Waals surface area contributed by atoms with Gasteiger partial charge in [-0.05, 0) is 43.8 Å². The molecule has 0 aromatic heterocycles. The van der Waals surface area contributed by atoms with Gasteiger partial charge in [-0.1, -0.05) is 0 Å². The largest absolute Gasteiger partial charge is 0.381 e. The van der Waals surface area contributed by atoms with Crippen LogP contribution in [-0.4, -0.2) is 30.3 Å². The zero-order valence-electron chi connectivity index (χ0n) is 8.78. The van der Waals surface area contributed by atoms with Gasteiger partial charge in [0, 0.05) is 24.5 Å². The topological polar surface area (TPSA) is 35.2 Å².